The van der Waals surface area contributed by atoms with Crippen LogP contribution in [0.4, 0.5) is 0 Å². The highest BCUT2D eigenvalue weighted by Crippen LogP contribution is 2.27. The molecule has 1 saturated heterocycles. The molecule has 0 bridgehead atoms. The molecule has 0 radical (unpaired) electrons. The van der Waals surface area contributed by atoms with E-state index in [0.29, 0.717) is 34.8 Å². The van der Waals surface area contributed by atoms with Crippen LogP contribution in [0.15, 0.2) is 22.7 Å². The summed E-state index contributed by atoms with van der Waals surface area (Å²) >= 11 is 11.9. The minimum atomic E-state index is 0.214. The van der Waals surface area contributed by atoms with E-state index in [1.54, 1.807) is 12.1 Å². The van der Waals surface area contributed by atoms with Crippen molar-refractivity contribution in [3.8, 4) is 11.4 Å². The third-order valence-electron chi connectivity index (χ3n) is 3.07. The largest absolute Gasteiger partial charge is 0.378 e. The van der Waals surface area contributed by atoms with E-state index >= 15 is 0 Å². The predicted molar refractivity (Wildman–Crippen MR) is 76.1 cm³/mol. The highest BCUT2D eigenvalue weighted by atomic mass is 35.5. The maximum Gasteiger partial charge on any atom is 0.228 e. The zero-order valence-corrected chi connectivity index (χ0v) is 12.1. The van der Waals surface area contributed by atoms with Crippen LogP contribution in [0.3, 0.4) is 0 Å². The molecule has 20 heavy (non-hydrogen) atoms. The topological polar surface area (TPSA) is 60.2 Å². The second-order valence-electron chi connectivity index (χ2n) is 4.57. The summed E-state index contributed by atoms with van der Waals surface area (Å²) in [4.78, 5) is 4.37. The van der Waals surface area contributed by atoms with Crippen molar-refractivity contribution in [3.05, 3.63) is 34.1 Å². The van der Waals surface area contributed by atoms with Crippen molar-refractivity contribution in [3.63, 3.8) is 0 Å². The molecule has 106 valence electrons. The van der Waals surface area contributed by atoms with E-state index in [-0.39, 0.29) is 6.04 Å². The molecule has 5 nitrogen and oxygen atoms in total. The van der Waals surface area contributed by atoms with Crippen LogP contribution < -0.4 is 5.32 Å². The lowest BCUT2D eigenvalue weighted by molar-refractivity contribution is 0.0744. The summed E-state index contributed by atoms with van der Waals surface area (Å²) in [6.45, 7) is 2.25. The van der Waals surface area contributed by atoms with Gasteiger partial charge in [0.15, 0.2) is 0 Å². The molecular weight excluding hydrogens is 301 g/mol. The van der Waals surface area contributed by atoms with E-state index in [0.717, 1.165) is 18.7 Å². The molecule has 1 aromatic heterocycles. The number of hydrogen-bond acceptors (Lipinski definition) is 5. The average Bonchev–Trinajstić information content (AvgIpc) is 2.91. The van der Waals surface area contributed by atoms with Crippen LogP contribution in [0.2, 0.25) is 10.0 Å². The summed E-state index contributed by atoms with van der Waals surface area (Å²) in [6.07, 6.45) is 0.647. The van der Waals surface area contributed by atoms with E-state index in [2.05, 4.69) is 15.5 Å². The lowest BCUT2D eigenvalue weighted by Gasteiger charge is -2.22. The van der Waals surface area contributed by atoms with E-state index in [4.69, 9.17) is 32.5 Å². The van der Waals surface area contributed by atoms with Crippen molar-refractivity contribution in [1.29, 1.82) is 0 Å². The summed E-state index contributed by atoms with van der Waals surface area (Å²) < 4.78 is 10.6. The molecule has 2 heterocycles. The Morgan fingerprint density at radius 1 is 1.30 bits per heavy atom. The van der Waals surface area contributed by atoms with Gasteiger partial charge in [0.2, 0.25) is 11.7 Å². The van der Waals surface area contributed by atoms with Gasteiger partial charge < -0.3 is 14.6 Å². The third kappa shape index (κ3) is 3.12. The highest BCUT2D eigenvalue weighted by molar-refractivity contribution is 6.42. The fourth-order valence-electron chi connectivity index (χ4n) is 2.05. The number of hydrogen-bond donors (Lipinski definition) is 1. The molecule has 0 aliphatic carbocycles. The van der Waals surface area contributed by atoms with Gasteiger partial charge >= 0.3 is 0 Å². The molecule has 0 spiro atoms. The first-order valence-electron chi connectivity index (χ1n) is 6.31. The predicted octanol–water partition coefficient (Wildman–Crippen LogP) is 2.57. The Bertz CT molecular complexity index is 597. The summed E-state index contributed by atoms with van der Waals surface area (Å²) in [6, 6.07) is 5.46. The first kappa shape index (κ1) is 13.8. The molecule has 0 amide bonds. The first-order chi connectivity index (χ1) is 9.72. The quantitative estimate of drug-likeness (QED) is 0.943. The molecule has 1 aromatic carbocycles. The van der Waals surface area contributed by atoms with E-state index < -0.39 is 0 Å². The fourth-order valence-corrected chi connectivity index (χ4v) is 2.35. The number of rotatable bonds is 3. The number of morpholine rings is 1. The summed E-state index contributed by atoms with van der Waals surface area (Å²) in [5, 5.41) is 8.28. The van der Waals surface area contributed by atoms with E-state index in [1.807, 2.05) is 6.07 Å². The first-order valence-corrected chi connectivity index (χ1v) is 7.07. The van der Waals surface area contributed by atoms with Gasteiger partial charge in [0.25, 0.3) is 0 Å². The van der Waals surface area contributed by atoms with Crippen LogP contribution in [-0.2, 0) is 11.2 Å². The average molecular weight is 314 g/mol. The van der Waals surface area contributed by atoms with Crippen molar-refractivity contribution in [2.45, 2.75) is 12.5 Å². The van der Waals surface area contributed by atoms with Crippen molar-refractivity contribution < 1.29 is 9.26 Å². The van der Waals surface area contributed by atoms with Crippen LogP contribution in [0, 0.1) is 0 Å². The molecule has 3 rings (SSSR count). The van der Waals surface area contributed by atoms with Crippen LogP contribution in [-0.4, -0.2) is 35.9 Å². The second kappa shape index (κ2) is 6.10. The molecule has 1 atom stereocenters. The van der Waals surface area contributed by atoms with Gasteiger partial charge in [-0.3, -0.25) is 0 Å². The van der Waals surface area contributed by atoms with Crippen molar-refractivity contribution in [1.82, 2.24) is 15.5 Å². The summed E-state index contributed by atoms with van der Waals surface area (Å²) in [5.74, 6) is 1.09. The summed E-state index contributed by atoms with van der Waals surface area (Å²) in [7, 11) is 0. The van der Waals surface area contributed by atoms with E-state index in [9.17, 15) is 0 Å². The molecule has 1 fully saturated rings. The Kier molecular flexibility index (Phi) is 4.21. The number of halogens is 2. The Balaban J connectivity index is 1.73. The molecule has 1 aliphatic rings. The number of nitrogens with zero attached hydrogens (tertiary/aromatic N) is 2. The van der Waals surface area contributed by atoms with E-state index in [1.165, 1.54) is 0 Å². The maximum atomic E-state index is 5.98. The standard InChI is InChI=1S/C13H13Cl2N3O2/c14-10-2-1-8(5-11(10)15)13-17-12(20-18-13)6-9-7-19-4-3-16-9/h1-2,5,9,16H,3-4,6-7H2. The zero-order valence-electron chi connectivity index (χ0n) is 10.6. The van der Waals surface area contributed by atoms with Gasteiger partial charge in [-0.2, -0.15) is 4.98 Å². The molecule has 1 N–H and O–H groups in total. The van der Waals surface area contributed by atoms with Crippen LogP contribution >= 0.6 is 23.2 Å². The van der Waals surface area contributed by atoms with Crippen LogP contribution in [0.5, 0.6) is 0 Å². The molecule has 7 heteroatoms. The molecule has 1 aliphatic heterocycles. The second-order valence-corrected chi connectivity index (χ2v) is 5.39. The molecular formula is C13H13Cl2N3O2. The maximum absolute atomic E-state index is 5.98. The van der Waals surface area contributed by atoms with Gasteiger partial charge in [-0.1, -0.05) is 28.4 Å². The SMILES string of the molecule is Clc1ccc(-c2noc(CC3COCCN3)n2)cc1Cl. The molecule has 2 aromatic rings. The minimum absolute atomic E-state index is 0.214. The highest BCUT2D eigenvalue weighted by Gasteiger charge is 2.18. The smallest absolute Gasteiger partial charge is 0.228 e. The van der Waals surface area contributed by atoms with Crippen molar-refractivity contribution in [2.75, 3.05) is 19.8 Å². The minimum Gasteiger partial charge on any atom is -0.378 e. The third-order valence-corrected chi connectivity index (χ3v) is 3.80. The Hall–Kier alpha value is -1.14. The van der Waals surface area contributed by atoms with Crippen LogP contribution in [0.25, 0.3) is 11.4 Å². The van der Waals surface area contributed by atoms with Crippen LogP contribution in [0.1, 0.15) is 5.89 Å². The monoisotopic (exact) mass is 313 g/mol. The Morgan fingerprint density at radius 2 is 2.20 bits per heavy atom. The lowest BCUT2D eigenvalue weighted by Crippen LogP contribution is -2.42. The molecule has 0 saturated carbocycles. The number of nitrogens with one attached hydrogen (secondary N) is 1. The zero-order chi connectivity index (χ0) is 13.9. The number of ether oxygens (including phenoxy) is 1. The number of benzene rings is 1. The summed E-state index contributed by atoms with van der Waals surface area (Å²) in [5.41, 5.74) is 0.780. The van der Waals surface area contributed by atoms with Gasteiger partial charge in [0.05, 0.1) is 23.3 Å². The Labute approximate surface area is 126 Å². The number of aromatic nitrogens is 2. The Morgan fingerprint density at radius 3 is 2.95 bits per heavy atom. The van der Waals surface area contributed by atoms with Gasteiger partial charge in [-0.15, -0.1) is 0 Å². The van der Waals surface area contributed by atoms with Gasteiger partial charge in [0, 0.05) is 24.6 Å². The van der Waals surface area contributed by atoms with Gasteiger partial charge in [-0.05, 0) is 18.2 Å². The van der Waals surface area contributed by atoms with Gasteiger partial charge in [0.1, 0.15) is 0 Å². The lowest BCUT2D eigenvalue weighted by atomic mass is 10.2. The van der Waals surface area contributed by atoms with Crippen molar-refractivity contribution >= 4 is 23.2 Å². The fraction of sp³-hybridized carbons (Fsp3) is 0.385. The normalized spacial score (nSPS) is 19.2. The molecule has 1 unspecified atom stereocenters. The van der Waals surface area contributed by atoms with Crippen molar-refractivity contribution in [2.24, 2.45) is 0 Å². The van der Waals surface area contributed by atoms with Gasteiger partial charge in [-0.25, -0.2) is 0 Å².